The first-order valence-electron chi connectivity index (χ1n) is 11.9. The maximum Gasteiger partial charge on any atom is 0.488 e. The molecular formula is C26H25BN4O7S3. The van der Waals surface area contributed by atoms with Gasteiger partial charge in [-0.25, -0.2) is 21.8 Å². The lowest BCUT2D eigenvalue weighted by Crippen LogP contribution is -2.30. The van der Waals surface area contributed by atoms with Gasteiger partial charge in [-0.1, -0.05) is 24.3 Å². The molecule has 41 heavy (non-hydrogen) atoms. The second-order valence-electron chi connectivity index (χ2n) is 9.08. The molecule has 0 aliphatic rings. The minimum Gasteiger partial charge on any atom is -0.423 e. The van der Waals surface area contributed by atoms with Crippen LogP contribution >= 0.6 is 11.3 Å². The molecular weight excluding hydrogens is 587 g/mol. The highest BCUT2D eigenvalue weighted by atomic mass is 32.2. The molecule has 5 aromatic rings. The van der Waals surface area contributed by atoms with E-state index in [4.69, 9.17) is 10.0 Å². The topological polar surface area (TPSA) is 179 Å². The van der Waals surface area contributed by atoms with Crippen molar-refractivity contribution in [3.8, 4) is 11.1 Å². The zero-order chi connectivity index (χ0) is 29.9. The molecule has 2 aromatic heterocycles. The number of aromatic nitrogens is 3. The van der Waals surface area contributed by atoms with Crippen molar-refractivity contribution in [3.05, 3.63) is 82.9 Å². The number of H-pyrrole nitrogens is 1. The van der Waals surface area contributed by atoms with Crippen molar-refractivity contribution in [2.75, 3.05) is 17.8 Å². The first kappa shape index (κ1) is 30.1. The minimum absolute atomic E-state index is 0.0816. The summed E-state index contributed by atoms with van der Waals surface area (Å²) in [6.07, 6.45) is 3.87. The molecule has 0 saturated heterocycles. The number of carbonyl (C=O) groups is 1. The van der Waals surface area contributed by atoms with Crippen LogP contribution in [-0.2, 0) is 19.7 Å². The van der Waals surface area contributed by atoms with Gasteiger partial charge in [-0.2, -0.15) is 5.10 Å². The fourth-order valence-electron chi connectivity index (χ4n) is 3.79. The van der Waals surface area contributed by atoms with E-state index in [-0.39, 0.29) is 21.2 Å². The van der Waals surface area contributed by atoms with Crippen molar-refractivity contribution >= 4 is 66.1 Å². The van der Waals surface area contributed by atoms with Gasteiger partial charge in [0.15, 0.2) is 19.7 Å². The van der Waals surface area contributed by atoms with Crippen molar-refractivity contribution in [2.24, 2.45) is 0 Å². The lowest BCUT2D eigenvalue weighted by molar-refractivity contribution is 0.102. The summed E-state index contributed by atoms with van der Waals surface area (Å²) in [5, 5.41) is 30.7. The van der Waals surface area contributed by atoms with Crippen LogP contribution < -0.4 is 10.8 Å². The van der Waals surface area contributed by atoms with Gasteiger partial charge in [0.05, 0.1) is 32.2 Å². The number of fused-ring (bicyclic) bond motifs is 1. The molecule has 4 N–H and O–H groups in total. The Morgan fingerprint density at radius 2 is 1.59 bits per heavy atom. The second-order valence-corrected chi connectivity index (χ2v) is 14.2. The number of thiazole rings is 1. The third-order valence-corrected chi connectivity index (χ3v) is 8.83. The van der Waals surface area contributed by atoms with Gasteiger partial charge >= 0.3 is 7.12 Å². The van der Waals surface area contributed by atoms with Crippen molar-refractivity contribution < 1.29 is 31.7 Å². The predicted molar refractivity (Wildman–Crippen MR) is 159 cm³/mol. The Bertz CT molecular complexity index is 1950. The van der Waals surface area contributed by atoms with Gasteiger partial charge in [0.2, 0.25) is 0 Å². The smallest absolute Gasteiger partial charge is 0.423 e. The summed E-state index contributed by atoms with van der Waals surface area (Å²) in [6, 6.07) is 15.9. The Labute approximate surface area is 240 Å². The molecule has 1 amide bonds. The van der Waals surface area contributed by atoms with E-state index in [1.807, 2.05) is 19.1 Å². The van der Waals surface area contributed by atoms with E-state index in [1.165, 1.54) is 41.9 Å². The summed E-state index contributed by atoms with van der Waals surface area (Å²) >= 11 is 1.41. The second kappa shape index (κ2) is 11.9. The Morgan fingerprint density at radius 3 is 2.20 bits per heavy atom. The van der Waals surface area contributed by atoms with Crippen LogP contribution in [0.2, 0.25) is 0 Å². The van der Waals surface area contributed by atoms with Crippen molar-refractivity contribution in [1.82, 2.24) is 15.2 Å². The SMILES string of the molecule is CS(=O)(=O)c1cccc(B(O)O)c1.Cc1nc(C(=O)Nc2cc(-c3cccc(S(C)(=O)=O)c3)cc3[nH]ncc23)cs1. The summed E-state index contributed by atoms with van der Waals surface area (Å²) in [7, 11) is -8.24. The Morgan fingerprint density at radius 1 is 0.927 bits per heavy atom. The number of nitrogens with one attached hydrogen (secondary N) is 2. The van der Waals surface area contributed by atoms with Crippen LogP contribution in [0.3, 0.4) is 0 Å². The van der Waals surface area contributed by atoms with Crippen LogP contribution in [0.5, 0.6) is 0 Å². The van der Waals surface area contributed by atoms with Crippen LogP contribution in [0.4, 0.5) is 5.69 Å². The molecule has 2 heterocycles. The average molecular weight is 613 g/mol. The lowest BCUT2D eigenvalue weighted by atomic mass is 9.80. The number of sulfone groups is 2. The maximum atomic E-state index is 12.5. The molecule has 3 aromatic carbocycles. The zero-order valence-electron chi connectivity index (χ0n) is 22.1. The highest BCUT2D eigenvalue weighted by Gasteiger charge is 2.16. The molecule has 11 nitrogen and oxygen atoms in total. The number of anilines is 1. The normalized spacial score (nSPS) is 11.5. The molecule has 0 atom stereocenters. The number of benzene rings is 3. The molecule has 0 aliphatic heterocycles. The van der Waals surface area contributed by atoms with Gasteiger partial charge in [0, 0.05) is 23.3 Å². The van der Waals surface area contributed by atoms with E-state index in [2.05, 4.69) is 20.5 Å². The van der Waals surface area contributed by atoms with Gasteiger partial charge in [-0.3, -0.25) is 9.89 Å². The maximum absolute atomic E-state index is 12.5. The zero-order valence-corrected chi connectivity index (χ0v) is 24.5. The van der Waals surface area contributed by atoms with Gasteiger partial charge in [0.1, 0.15) is 5.69 Å². The number of hydrogen-bond donors (Lipinski definition) is 4. The third-order valence-electron chi connectivity index (χ3n) is 5.84. The minimum atomic E-state index is -3.32. The molecule has 0 fully saturated rings. The number of hydrogen-bond acceptors (Lipinski definition) is 10. The van der Waals surface area contributed by atoms with E-state index in [0.29, 0.717) is 11.4 Å². The monoisotopic (exact) mass is 612 g/mol. The molecule has 0 saturated carbocycles. The fourth-order valence-corrected chi connectivity index (χ4v) is 5.72. The number of aryl methyl sites for hydroxylation is 1. The van der Waals surface area contributed by atoms with Crippen molar-refractivity contribution in [2.45, 2.75) is 16.7 Å². The standard InChI is InChI=1S/C19H16N4O3S2.C7H9BO4S/c1-11-21-18(10-27-11)19(24)22-16-7-13(8-17-15(16)9-20-23-17)12-4-3-5-14(6-12)28(2,25)26;1-13(11,12)7-4-2-3-6(5-7)8(9)10/h3-10H,1-2H3,(H,20,23)(H,22,24);2-5,9-10H,1H3. The number of nitrogens with zero attached hydrogens (tertiary/aromatic N) is 2. The largest absolute Gasteiger partial charge is 0.488 e. The average Bonchev–Trinajstić information content (AvgIpc) is 3.57. The third kappa shape index (κ3) is 7.45. The molecule has 5 rings (SSSR count). The van der Waals surface area contributed by atoms with Crippen molar-refractivity contribution in [3.63, 3.8) is 0 Å². The van der Waals surface area contributed by atoms with Crippen LogP contribution in [0.25, 0.3) is 22.0 Å². The van der Waals surface area contributed by atoms with E-state index in [1.54, 1.807) is 35.8 Å². The highest BCUT2D eigenvalue weighted by molar-refractivity contribution is 7.91. The van der Waals surface area contributed by atoms with E-state index in [9.17, 15) is 21.6 Å². The Balaban J connectivity index is 0.000000251. The van der Waals surface area contributed by atoms with Gasteiger partial charge < -0.3 is 15.4 Å². The number of rotatable bonds is 6. The number of carbonyl (C=O) groups excluding carboxylic acids is 1. The first-order chi connectivity index (χ1) is 19.2. The van der Waals surface area contributed by atoms with Gasteiger partial charge in [-0.05, 0) is 59.9 Å². The summed E-state index contributed by atoms with van der Waals surface area (Å²) in [4.78, 5) is 17.1. The molecule has 15 heteroatoms. The van der Waals surface area contributed by atoms with Crippen LogP contribution in [0, 0.1) is 6.92 Å². The lowest BCUT2D eigenvalue weighted by Gasteiger charge is -2.10. The van der Waals surface area contributed by atoms with E-state index < -0.39 is 26.8 Å². The molecule has 0 aliphatic carbocycles. The van der Waals surface area contributed by atoms with Crippen LogP contribution in [0.15, 0.2) is 82.0 Å². The van der Waals surface area contributed by atoms with E-state index >= 15 is 0 Å². The predicted octanol–water partition coefficient (Wildman–Crippen LogP) is 2.42. The van der Waals surface area contributed by atoms with Crippen LogP contribution in [0.1, 0.15) is 15.5 Å². The molecule has 212 valence electrons. The quantitative estimate of drug-likeness (QED) is 0.210. The van der Waals surface area contributed by atoms with Gasteiger partial charge in [0.25, 0.3) is 5.91 Å². The summed E-state index contributed by atoms with van der Waals surface area (Å²) in [5.74, 6) is -0.311. The Kier molecular flexibility index (Phi) is 8.75. The first-order valence-corrected chi connectivity index (χ1v) is 16.6. The summed E-state index contributed by atoms with van der Waals surface area (Å²) in [6.45, 7) is 1.84. The summed E-state index contributed by atoms with van der Waals surface area (Å²) < 4.78 is 45.8. The molecule has 0 unspecified atom stereocenters. The summed E-state index contributed by atoms with van der Waals surface area (Å²) in [5.41, 5.74) is 3.30. The van der Waals surface area contributed by atoms with Crippen LogP contribution in [-0.4, -0.2) is 67.6 Å². The van der Waals surface area contributed by atoms with Gasteiger partial charge in [-0.15, -0.1) is 11.3 Å². The Hall–Kier alpha value is -3.89. The van der Waals surface area contributed by atoms with E-state index in [0.717, 1.165) is 33.3 Å². The highest BCUT2D eigenvalue weighted by Crippen LogP contribution is 2.31. The van der Waals surface area contributed by atoms with Crippen molar-refractivity contribution in [1.29, 1.82) is 0 Å². The number of amides is 1. The molecule has 0 bridgehead atoms. The molecule has 0 spiro atoms. The molecule has 0 radical (unpaired) electrons. The number of aromatic amines is 1. The fraction of sp³-hybridized carbons (Fsp3) is 0.115.